The van der Waals surface area contributed by atoms with Gasteiger partial charge in [-0.05, 0) is 44.2 Å². The summed E-state index contributed by atoms with van der Waals surface area (Å²) in [4.78, 5) is 18.4. The molecule has 0 radical (unpaired) electrons. The van der Waals surface area contributed by atoms with Gasteiger partial charge in [0.2, 0.25) is 5.67 Å². The predicted octanol–water partition coefficient (Wildman–Crippen LogP) is 2.55. The molecule has 2 aromatic rings. The van der Waals surface area contributed by atoms with Crippen molar-refractivity contribution < 1.29 is 27.3 Å². The van der Waals surface area contributed by atoms with E-state index in [4.69, 9.17) is 17.3 Å². The molecule has 154 valence electrons. The Labute approximate surface area is 169 Å². The molecule has 0 spiro atoms. The Morgan fingerprint density at radius 2 is 1.93 bits per heavy atom. The zero-order valence-corrected chi connectivity index (χ0v) is 16.2. The number of aromatic nitrogens is 1. The van der Waals surface area contributed by atoms with Gasteiger partial charge in [-0.2, -0.15) is 0 Å². The average Bonchev–Trinajstić information content (AvgIpc) is 2.61. The zero-order chi connectivity index (χ0) is 21.6. The van der Waals surface area contributed by atoms with E-state index in [1.807, 2.05) is 0 Å². The molecule has 1 aromatic heterocycles. The van der Waals surface area contributed by atoms with Crippen molar-refractivity contribution in [3.05, 3.63) is 58.6 Å². The third-order valence-corrected chi connectivity index (χ3v) is 5.18. The van der Waals surface area contributed by atoms with Crippen LogP contribution >= 0.6 is 11.6 Å². The van der Waals surface area contributed by atoms with Crippen LogP contribution in [0, 0.1) is 5.82 Å². The number of carbonyl (C=O) groups is 1. The molecule has 2 unspecified atom stereocenters. The predicted molar refractivity (Wildman–Crippen MR) is 100 cm³/mol. The molecular formula is C19H18ClF4N4O+. The first-order chi connectivity index (χ1) is 13.4. The molecule has 1 aliphatic rings. The zero-order valence-electron chi connectivity index (χ0n) is 15.5. The lowest BCUT2D eigenvalue weighted by atomic mass is 9.77. The number of pyridine rings is 1. The van der Waals surface area contributed by atoms with Crippen molar-refractivity contribution in [1.82, 2.24) is 4.98 Å². The van der Waals surface area contributed by atoms with E-state index < -0.39 is 46.7 Å². The number of nitrogens with zero attached hydrogens (tertiary/aromatic N) is 1. The number of amides is 1. The highest BCUT2D eigenvalue weighted by Crippen LogP contribution is 2.43. The van der Waals surface area contributed by atoms with Crippen LogP contribution in [-0.2, 0) is 5.54 Å². The maximum atomic E-state index is 14.8. The van der Waals surface area contributed by atoms with Crippen LogP contribution in [0.5, 0.6) is 0 Å². The van der Waals surface area contributed by atoms with Crippen molar-refractivity contribution in [2.45, 2.75) is 37.4 Å². The van der Waals surface area contributed by atoms with Gasteiger partial charge in [0, 0.05) is 17.4 Å². The fourth-order valence-corrected chi connectivity index (χ4v) is 3.25. The Morgan fingerprint density at radius 3 is 2.55 bits per heavy atom. The van der Waals surface area contributed by atoms with E-state index in [1.54, 1.807) is 0 Å². The summed E-state index contributed by atoms with van der Waals surface area (Å²) in [7, 11) is 0. The van der Waals surface area contributed by atoms with Crippen molar-refractivity contribution in [3.8, 4) is 0 Å². The number of hydrogen-bond donors (Lipinski definition) is 3. The van der Waals surface area contributed by atoms with E-state index in [2.05, 4.69) is 15.3 Å². The van der Waals surface area contributed by atoms with Gasteiger partial charge in [-0.1, -0.05) is 11.6 Å². The minimum absolute atomic E-state index is 0.0263. The van der Waals surface area contributed by atoms with E-state index in [9.17, 15) is 22.4 Å². The molecule has 0 fully saturated rings. The minimum Gasteiger partial charge on any atom is -0.321 e. The normalized spacial score (nSPS) is 26.0. The van der Waals surface area contributed by atoms with Crippen LogP contribution in [0.4, 0.5) is 23.2 Å². The Balaban J connectivity index is 2.00. The van der Waals surface area contributed by atoms with Crippen molar-refractivity contribution in [2.75, 3.05) is 5.32 Å². The number of anilines is 1. The smallest absolute Gasteiger partial charge is 0.297 e. The molecule has 0 bridgehead atoms. The van der Waals surface area contributed by atoms with Crippen LogP contribution in [0.25, 0.3) is 0 Å². The SMILES string of the molecule is CC1(F)CC(F)(F)C(C)(c2cc(NC(=O)c3ccc(Cl)cn3)ccc2F)[NH+]=C1N. The van der Waals surface area contributed by atoms with Gasteiger partial charge < -0.3 is 5.32 Å². The number of nitrogens with one attached hydrogen (secondary N) is 2. The number of halogens is 5. The van der Waals surface area contributed by atoms with Crippen molar-refractivity contribution in [3.63, 3.8) is 0 Å². The fraction of sp³-hybridized carbons (Fsp3) is 0.316. The molecule has 1 aliphatic heterocycles. The van der Waals surface area contributed by atoms with Crippen molar-refractivity contribution >= 4 is 29.0 Å². The number of amidine groups is 1. The second kappa shape index (κ2) is 6.98. The standard InChI is InChI=1S/C19H17ClF4N4O/c1-17(22)9-19(23,24)18(2,28-16(17)25)12-7-11(4-5-13(12)21)27-15(29)14-6-3-10(20)8-26-14/h3-8H,9H2,1-2H3,(H2,25,28)(H,27,29)/p+1. The summed E-state index contributed by atoms with van der Waals surface area (Å²) in [6, 6.07) is 6.03. The highest BCUT2D eigenvalue weighted by Gasteiger charge is 2.63. The van der Waals surface area contributed by atoms with Crippen molar-refractivity contribution in [2.24, 2.45) is 5.73 Å². The molecule has 2 heterocycles. The molecule has 29 heavy (non-hydrogen) atoms. The van der Waals surface area contributed by atoms with Gasteiger partial charge >= 0.3 is 0 Å². The summed E-state index contributed by atoms with van der Waals surface area (Å²) in [5.74, 6) is -5.81. The van der Waals surface area contributed by atoms with Crippen LogP contribution in [0.2, 0.25) is 5.02 Å². The van der Waals surface area contributed by atoms with E-state index in [0.29, 0.717) is 5.02 Å². The number of benzene rings is 1. The number of carbonyl (C=O) groups excluding carboxylic acids is 1. The first-order valence-corrected chi connectivity index (χ1v) is 8.94. The van der Waals surface area contributed by atoms with Crippen LogP contribution in [0.15, 0.2) is 36.5 Å². The van der Waals surface area contributed by atoms with E-state index in [1.165, 1.54) is 24.4 Å². The van der Waals surface area contributed by atoms with Crippen LogP contribution in [-0.4, -0.2) is 28.3 Å². The van der Waals surface area contributed by atoms with Gasteiger partial charge in [-0.3, -0.25) is 15.5 Å². The maximum Gasteiger partial charge on any atom is 0.297 e. The monoisotopic (exact) mass is 429 g/mol. The molecule has 0 aliphatic carbocycles. The Morgan fingerprint density at radius 1 is 1.24 bits per heavy atom. The second-order valence-electron chi connectivity index (χ2n) is 7.25. The highest BCUT2D eigenvalue weighted by molar-refractivity contribution is 6.30. The molecule has 4 N–H and O–H groups in total. The molecule has 1 aromatic carbocycles. The molecular weight excluding hydrogens is 412 g/mol. The lowest BCUT2D eigenvalue weighted by Gasteiger charge is -2.39. The van der Waals surface area contributed by atoms with Gasteiger partial charge in [-0.15, -0.1) is 0 Å². The molecule has 2 atom stereocenters. The summed E-state index contributed by atoms with van der Waals surface area (Å²) in [5, 5.41) is 2.79. The first kappa shape index (κ1) is 21.0. The summed E-state index contributed by atoms with van der Waals surface area (Å²) in [6.07, 6.45) is 0.0483. The van der Waals surface area contributed by atoms with Gasteiger partial charge in [0.15, 0.2) is 5.54 Å². The number of nitrogens with two attached hydrogens (primary N) is 1. The largest absolute Gasteiger partial charge is 0.321 e. The highest BCUT2D eigenvalue weighted by atomic mass is 35.5. The van der Waals surface area contributed by atoms with Gasteiger partial charge in [-0.25, -0.2) is 22.5 Å². The molecule has 5 nitrogen and oxygen atoms in total. The quantitative estimate of drug-likeness (QED) is 0.656. The van der Waals surface area contributed by atoms with Gasteiger partial charge in [0.25, 0.3) is 17.7 Å². The van der Waals surface area contributed by atoms with E-state index in [0.717, 1.165) is 26.0 Å². The number of hydrogen-bond acceptors (Lipinski definition) is 3. The van der Waals surface area contributed by atoms with Gasteiger partial charge in [0.1, 0.15) is 11.5 Å². The summed E-state index contributed by atoms with van der Waals surface area (Å²) in [6.45, 7) is 1.95. The first-order valence-electron chi connectivity index (χ1n) is 8.56. The Hall–Kier alpha value is -2.68. The topological polar surface area (TPSA) is 82.0 Å². The Bertz CT molecular complexity index is 994. The minimum atomic E-state index is -3.68. The number of rotatable bonds is 3. The molecule has 10 heteroatoms. The Kier molecular flexibility index (Phi) is 5.06. The molecule has 0 saturated heterocycles. The van der Waals surface area contributed by atoms with E-state index in [-0.39, 0.29) is 11.4 Å². The summed E-state index contributed by atoms with van der Waals surface area (Å²) in [5.41, 5.74) is 0.402. The van der Waals surface area contributed by atoms with E-state index >= 15 is 0 Å². The van der Waals surface area contributed by atoms with Crippen LogP contribution in [0.3, 0.4) is 0 Å². The van der Waals surface area contributed by atoms with Crippen molar-refractivity contribution in [1.29, 1.82) is 0 Å². The number of alkyl halides is 3. The molecule has 0 saturated carbocycles. The van der Waals surface area contributed by atoms with Gasteiger partial charge in [0.05, 0.1) is 11.4 Å². The lowest BCUT2D eigenvalue weighted by Crippen LogP contribution is -2.95. The fourth-order valence-electron chi connectivity index (χ4n) is 3.14. The summed E-state index contributed by atoms with van der Waals surface area (Å²) >= 11 is 5.72. The summed E-state index contributed by atoms with van der Waals surface area (Å²) < 4.78 is 58.5. The lowest BCUT2D eigenvalue weighted by molar-refractivity contribution is -0.607. The third kappa shape index (κ3) is 3.78. The maximum absolute atomic E-state index is 14.8. The third-order valence-electron chi connectivity index (χ3n) is 4.95. The van der Waals surface area contributed by atoms with Crippen LogP contribution < -0.4 is 16.0 Å². The molecule has 3 rings (SSSR count). The van der Waals surface area contributed by atoms with Crippen LogP contribution in [0.1, 0.15) is 36.3 Å². The molecule has 1 amide bonds. The average molecular weight is 430 g/mol. The second-order valence-corrected chi connectivity index (χ2v) is 7.69.